The number of Topliss-reactive ketones (excluding diaryl/α,β-unsaturated/α-hetero) is 1. The van der Waals surface area contributed by atoms with Gasteiger partial charge in [0.05, 0.1) is 6.54 Å². The number of hydrogen-bond donors (Lipinski definition) is 1. The third-order valence-corrected chi connectivity index (χ3v) is 4.88. The fourth-order valence-corrected chi connectivity index (χ4v) is 3.14. The summed E-state index contributed by atoms with van der Waals surface area (Å²) >= 11 is 5.90. The normalized spacial score (nSPS) is 10.9. The van der Waals surface area contributed by atoms with Crippen LogP contribution in [0, 0.1) is 0 Å². The third-order valence-electron chi connectivity index (χ3n) is 4.63. The number of halogens is 1. The van der Waals surface area contributed by atoms with Crippen molar-refractivity contribution in [3.63, 3.8) is 0 Å². The Hall–Kier alpha value is -3.85. The molecule has 0 radical (unpaired) electrons. The quantitative estimate of drug-likeness (QED) is 0.465. The van der Waals surface area contributed by atoms with Crippen molar-refractivity contribution in [3.8, 4) is 0 Å². The minimum atomic E-state index is -0.463. The molecule has 1 amide bonds. The molecule has 4 rings (SSSR count). The molecule has 31 heavy (non-hydrogen) atoms. The minimum absolute atomic E-state index is 0.0621. The summed E-state index contributed by atoms with van der Waals surface area (Å²) in [6, 6.07) is 13.7. The summed E-state index contributed by atoms with van der Waals surface area (Å²) in [5, 5.41) is 11.3. The molecule has 1 N–H and O–H groups in total. The Morgan fingerprint density at radius 2 is 1.77 bits per heavy atom. The Bertz CT molecular complexity index is 1330. The lowest BCUT2D eigenvalue weighted by Gasteiger charge is -2.08. The van der Waals surface area contributed by atoms with Gasteiger partial charge in [-0.25, -0.2) is 9.67 Å². The van der Waals surface area contributed by atoms with Crippen LogP contribution in [0.5, 0.6) is 0 Å². The van der Waals surface area contributed by atoms with Gasteiger partial charge in [0.15, 0.2) is 16.9 Å². The summed E-state index contributed by atoms with van der Waals surface area (Å²) in [5.74, 6) is -0.472. The second kappa shape index (κ2) is 8.49. The molecule has 0 unspecified atom stereocenters. The summed E-state index contributed by atoms with van der Waals surface area (Å²) in [7, 11) is 0. The molecule has 156 valence electrons. The lowest BCUT2D eigenvalue weighted by atomic mass is 10.1. The summed E-state index contributed by atoms with van der Waals surface area (Å²) in [5.41, 5.74) is 1.94. The number of hydrogen-bond acceptors (Lipinski definition) is 6. The fourth-order valence-electron chi connectivity index (χ4n) is 3.01. The second-order valence-corrected chi connectivity index (χ2v) is 7.34. The lowest BCUT2D eigenvalue weighted by molar-refractivity contribution is -0.116. The van der Waals surface area contributed by atoms with Crippen LogP contribution in [0.15, 0.2) is 59.7 Å². The van der Waals surface area contributed by atoms with E-state index < -0.39 is 11.5 Å². The van der Waals surface area contributed by atoms with E-state index in [2.05, 4.69) is 20.6 Å². The van der Waals surface area contributed by atoms with Crippen LogP contribution in [-0.2, 0) is 17.9 Å². The van der Waals surface area contributed by atoms with Crippen molar-refractivity contribution in [1.29, 1.82) is 0 Å². The zero-order valence-electron chi connectivity index (χ0n) is 16.4. The molecule has 10 heteroatoms. The average molecular weight is 437 g/mol. The molecule has 2 heterocycles. The molecule has 0 spiro atoms. The smallest absolute Gasteiger partial charge is 0.283 e. The predicted octanol–water partition coefficient (Wildman–Crippen LogP) is 2.53. The van der Waals surface area contributed by atoms with Crippen molar-refractivity contribution >= 4 is 40.1 Å². The van der Waals surface area contributed by atoms with E-state index in [0.29, 0.717) is 28.5 Å². The number of amides is 1. The SMILES string of the molecule is CC(=O)c1ccc(NC(=O)Cn2cnc3c(nnn3Cc3ccc(Cl)cc3)c2=O)cc1. The van der Waals surface area contributed by atoms with Crippen LogP contribution in [0.4, 0.5) is 5.69 Å². The van der Waals surface area contributed by atoms with Crippen molar-refractivity contribution < 1.29 is 9.59 Å². The molecule has 0 saturated carbocycles. The van der Waals surface area contributed by atoms with E-state index in [0.717, 1.165) is 5.56 Å². The van der Waals surface area contributed by atoms with Gasteiger partial charge in [-0.15, -0.1) is 5.10 Å². The van der Waals surface area contributed by atoms with Crippen molar-refractivity contribution in [2.45, 2.75) is 20.0 Å². The van der Waals surface area contributed by atoms with Gasteiger partial charge < -0.3 is 5.32 Å². The van der Waals surface area contributed by atoms with Crippen LogP contribution in [0.25, 0.3) is 11.2 Å². The van der Waals surface area contributed by atoms with Gasteiger partial charge in [0.1, 0.15) is 12.9 Å². The number of nitrogens with one attached hydrogen (secondary N) is 1. The molecule has 9 nitrogen and oxygen atoms in total. The number of aromatic nitrogens is 5. The number of benzene rings is 2. The number of ketones is 1. The Balaban J connectivity index is 1.50. The maximum atomic E-state index is 12.7. The topological polar surface area (TPSA) is 112 Å². The van der Waals surface area contributed by atoms with E-state index in [1.807, 2.05) is 12.1 Å². The Labute approximate surface area is 181 Å². The highest BCUT2D eigenvalue weighted by atomic mass is 35.5. The maximum absolute atomic E-state index is 12.7. The molecule has 0 fully saturated rings. The van der Waals surface area contributed by atoms with Crippen molar-refractivity contribution in [1.82, 2.24) is 24.5 Å². The fraction of sp³-hybridized carbons (Fsp3) is 0.143. The molecular formula is C21H17ClN6O3. The third kappa shape index (κ3) is 4.51. The Kier molecular flexibility index (Phi) is 5.59. The molecule has 4 aromatic rings. The van der Waals surface area contributed by atoms with Crippen LogP contribution < -0.4 is 10.9 Å². The Morgan fingerprint density at radius 1 is 1.06 bits per heavy atom. The molecule has 2 aromatic carbocycles. The van der Waals surface area contributed by atoms with Gasteiger partial charge in [-0.3, -0.25) is 19.0 Å². The van der Waals surface area contributed by atoms with Gasteiger partial charge in [0, 0.05) is 16.3 Å². The summed E-state index contributed by atoms with van der Waals surface area (Å²) in [6.07, 6.45) is 1.30. The van der Waals surface area contributed by atoms with E-state index in [1.54, 1.807) is 36.4 Å². The van der Waals surface area contributed by atoms with E-state index in [4.69, 9.17) is 11.6 Å². The first-order chi connectivity index (χ1) is 14.9. The molecule has 0 saturated heterocycles. The monoisotopic (exact) mass is 436 g/mol. The first kappa shape index (κ1) is 20.4. The van der Waals surface area contributed by atoms with Gasteiger partial charge >= 0.3 is 0 Å². The van der Waals surface area contributed by atoms with Gasteiger partial charge in [-0.1, -0.05) is 28.9 Å². The molecular weight excluding hydrogens is 420 g/mol. The summed E-state index contributed by atoms with van der Waals surface area (Å²) in [6.45, 7) is 1.61. The molecule has 2 aromatic heterocycles. The van der Waals surface area contributed by atoms with E-state index >= 15 is 0 Å². The van der Waals surface area contributed by atoms with Crippen LogP contribution in [-0.4, -0.2) is 36.2 Å². The molecule has 0 bridgehead atoms. The largest absolute Gasteiger partial charge is 0.325 e. The highest BCUT2D eigenvalue weighted by molar-refractivity contribution is 6.30. The number of nitrogens with zero attached hydrogens (tertiary/aromatic N) is 5. The number of rotatable bonds is 6. The van der Waals surface area contributed by atoms with E-state index in [-0.39, 0.29) is 17.8 Å². The molecule has 0 aliphatic heterocycles. The number of carbonyl (C=O) groups excluding carboxylic acids is 2. The predicted molar refractivity (Wildman–Crippen MR) is 115 cm³/mol. The van der Waals surface area contributed by atoms with Crippen LogP contribution in [0.2, 0.25) is 5.02 Å². The number of fused-ring (bicyclic) bond motifs is 1. The second-order valence-electron chi connectivity index (χ2n) is 6.91. The van der Waals surface area contributed by atoms with Crippen LogP contribution in [0.3, 0.4) is 0 Å². The van der Waals surface area contributed by atoms with Crippen molar-refractivity contribution in [2.75, 3.05) is 5.32 Å². The molecule has 0 aliphatic rings. The highest BCUT2D eigenvalue weighted by Gasteiger charge is 2.14. The number of anilines is 1. The molecule has 0 aliphatic carbocycles. The van der Waals surface area contributed by atoms with Crippen LogP contribution >= 0.6 is 11.6 Å². The summed E-state index contributed by atoms with van der Waals surface area (Å²) in [4.78, 5) is 40.7. The van der Waals surface area contributed by atoms with Gasteiger partial charge in [-0.2, -0.15) is 0 Å². The van der Waals surface area contributed by atoms with Gasteiger partial charge in [0.2, 0.25) is 5.91 Å². The van der Waals surface area contributed by atoms with Gasteiger partial charge in [0.25, 0.3) is 5.56 Å². The lowest BCUT2D eigenvalue weighted by Crippen LogP contribution is -2.28. The summed E-state index contributed by atoms with van der Waals surface area (Å²) < 4.78 is 2.68. The average Bonchev–Trinajstić information content (AvgIpc) is 3.15. The molecule has 0 atom stereocenters. The van der Waals surface area contributed by atoms with Crippen molar-refractivity contribution in [3.05, 3.63) is 81.4 Å². The maximum Gasteiger partial charge on any atom is 0.283 e. The van der Waals surface area contributed by atoms with E-state index in [9.17, 15) is 14.4 Å². The first-order valence-corrected chi connectivity index (χ1v) is 9.72. The zero-order chi connectivity index (χ0) is 22.0. The van der Waals surface area contributed by atoms with Crippen molar-refractivity contribution in [2.24, 2.45) is 0 Å². The number of carbonyl (C=O) groups is 2. The Morgan fingerprint density at radius 3 is 2.45 bits per heavy atom. The van der Waals surface area contributed by atoms with Gasteiger partial charge in [-0.05, 0) is 48.9 Å². The highest BCUT2D eigenvalue weighted by Crippen LogP contribution is 2.13. The minimum Gasteiger partial charge on any atom is -0.325 e. The van der Waals surface area contributed by atoms with E-state index in [1.165, 1.54) is 22.5 Å². The zero-order valence-corrected chi connectivity index (χ0v) is 17.2. The standard InChI is InChI=1S/C21H17ClN6O3/c1-13(29)15-4-8-17(9-5-15)24-18(30)11-27-12-23-20-19(21(27)31)25-26-28(20)10-14-2-6-16(22)7-3-14/h2-9,12H,10-11H2,1H3,(H,24,30). The first-order valence-electron chi connectivity index (χ1n) is 9.34. The van der Waals surface area contributed by atoms with Crippen LogP contribution in [0.1, 0.15) is 22.8 Å².